The molecule has 0 aromatic rings. The molecule has 0 atom stereocenters. The number of amides is 1. The predicted octanol–water partition coefficient (Wildman–Crippen LogP) is 2.39. The maximum Gasteiger partial charge on any atom is 0.331 e. The van der Waals surface area contributed by atoms with Crippen LogP contribution in [0.2, 0.25) is 0 Å². The van der Waals surface area contributed by atoms with Gasteiger partial charge in [-0.1, -0.05) is 13.3 Å². The van der Waals surface area contributed by atoms with Crippen LogP contribution in [0.1, 0.15) is 64.7 Å². The molecule has 0 radical (unpaired) electrons. The van der Waals surface area contributed by atoms with E-state index < -0.39 is 5.54 Å². The molecule has 5 nitrogen and oxygen atoms in total. The Morgan fingerprint density at radius 1 is 1.13 bits per heavy atom. The number of rotatable bonds is 6. The molecule has 0 aromatic heterocycles. The summed E-state index contributed by atoms with van der Waals surface area (Å²) in [6.07, 6.45) is 8.25. The smallest absolute Gasteiger partial charge is 0.331 e. The second kappa shape index (κ2) is 8.67. The van der Waals surface area contributed by atoms with Crippen LogP contribution >= 0.6 is 0 Å². The van der Waals surface area contributed by atoms with Crippen molar-refractivity contribution < 1.29 is 14.3 Å². The fourth-order valence-corrected chi connectivity index (χ4v) is 3.99. The Labute approximate surface area is 139 Å². The first-order valence-electron chi connectivity index (χ1n) is 9.19. The molecule has 1 heterocycles. The lowest BCUT2D eigenvalue weighted by atomic mass is 9.75. The number of esters is 1. The Balaban J connectivity index is 1.87. The van der Waals surface area contributed by atoms with Gasteiger partial charge in [-0.15, -0.1) is 0 Å². The van der Waals surface area contributed by atoms with Crippen LogP contribution in [0.5, 0.6) is 0 Å². The second-order valence-electron chi connectivity index (χ2n) is 7.21. The van der Waals surface area contributed by atoms with Crippen LogP contribution in [-0.4, -0.2) is 37.6 Å². The van der Waals surface area contributed by atoms with Crippen molar-refractivity contribution in [3.8, 4) is 0 Å². The topological polar surface area (TPSA) is 67.4 Å². The zero-order valence-electron chi connectivity index (χ0n) is 14.7. The third kappa shape index (κ3) is 4.93. The summed E-state index contributed by atoms with van der Waals surface area (Å²) in [4.78, 5) is 24.7. The average molecular weight is 324 g/mol. The van der Waals surface area contributed by atoms with Crippen LogP contribution in [-0.2, 0) is 14.3 Å². The zero-order chi connectivity index (χ0) is 16.7. The highest BCUT2D eigenvalue weighted by molar-refractivity contribution is 5.88. The van der Waals surface area contributed by atoms with Gasteiger partial charge in [0.25, 0.3) is 0 Å². The van der Waals surface area contributed by atoms with Crippen molar-refractivity contribution in [2.24, 2.45) is 11.8 Å². The maximum absolute atomic E-state index is 12.4. The summed E-state index contributed by atoms with van der Waals surface area (Å²) in [6, 6.07) is 0. The number of hydrogen-bond acceptors (Lipinski definition) is 4. The summed E-state index contributed by atoms with van der Waals surface area (Å²) >= 11 is 0. The molecule has 2 aliphatic rings. The molecule has 1 aliphatic carbocycles. The molecule has 1 saturated heterocycles. The average Bonchev–Trinajstić information content (AvgIpc) is 2.60. The van der Waals surface area contributed by atoms with E-state index in [4.69, 9.17) is 4.74 Å². The molecule has 0 aromatic carbocycles. The Bertz CT molecular complexity index is 397. The lowest BCUT2D eigenvalue weighted by molar-refractivity contribution is -0.153. The molecule has 5 heteroatoms. The molecule has 1 saturated carbocycles. The predicted molar refractivity (Wildman–Crippen MR) is 90.0 cm³/mol. The number of ether oxygens (including phenoxy) is 1. The van der Waals surface area contributed by atoms with Crippen molar-refractivity contribution in [1.29, 1.82) is 0 Å². The van der Waals surface area contributed by atoms with Crippen molar-refractivity contribution in [2.45, 2.75) is 70.3 Å². The molecule has 132 valence electrons. The molecule has 0 unspecified atom stereocenters. The van der Waals surface area contributed by atoms with Gasteiger partial charge in [0.1, 0.15) is 5.54 Å². The van der Waals surface area contributed by atoms with E-state index in [0.717, 1.165) is 51.6 Å². The number of carbonyl (C=O) groups is 2. The maximum atomic E-state index is 12.4. The van der Waals surface area contributed by atoms with E-state index >= 15 is 0 Å². The number of methoxy groups -OCH3 is 1. The number of piperidine rings is 1. The van der Waals surface area contributed by atoms with E-state index in [-0.39, 0.29) is 11.9 Å². The van der Waals surface area contributed by atoms with E-state index in [0.29, 0.717) is 31.1 Å². The van der Waals surface area contributed by atoms with E-state index in [9.17, 15) is 9.59 Å². The van der Waals surface area contributed by atoms with E-state index in [1.165, 1.54) is 7.11 Å². The summed E-state index contributed by atoms with van der Waals surface area (Å²) < 4.78 is 5.00. The van der Waals surface area contributed by atoms with Crippen LogP contribution in [0.25, 0.3) is 0 Å². The normalized spacial score (nSPS) is 29.0. The van der Waals surface area contributed by atoms with Gasteiger partial charge in [-0.05, 0) is 69.9 Å². The number of hydrogen-bond donors (Lipinski definition) is 2. The number of nitrogens with one attached hydrogen (secondary N) is 2. The molecular weight excluding hydrogens is 292 g/mol. The highest BCUT2D eigenvalue weighted by Gasteiger charge is 2.43. The minimum absolute atomic E-state index is 0.00359. The first-order valence-corrected chi connectivity index (χ1v) is 9.19. The monoisotopic (exact) mass is 324 g/mol. The lowest BCUT2D eigenvalue weighted by Gasteiger charge is -2.38. The van der Waals surface area contributed by atoms with Crippen molar-refractivity contribution in [3.63, 3.8) is 0 Å². The van der Waals surface area contributed by atoms with Gasteiger partial charge in [0, 0.05) is 6.42 Å². The minimum Gasteiger partial charge on any atom is -0.467 e. The third-order valence-electron chi connectivity index (χ3n) is 5.73. The molecule has 0 spiro atoms. The van der Waals surface area contributed by atoms with Crippen molar-refractivity contribution in [1.82, 2.24) is 10.6 Å². The van der Waals surface area contributed by atoms with Gasteiger partial charge >= 0.3 is 5.97 Å². The van der Waals surface area contributed by atoms with E-state index in [1.807, 2.05) is 0 Å². The Kier molecular flexibility index (Phi) is 6.88. The molecule has 0 bridgehead atoms. The van der Waals surface area contributed by atoms with Gasteiger partial charge in [0.05, 0.1) is 7.11 Å². The van der Waals surface area contributed by atoms with Crippen LogP contribution < -0.4 is 10.6 Å². The fourth-order valence-electron chi connectivity index (χ4n) is 3.99. The summed E-state index contributed by atoms with van der Waals surface area (Å²) in [6.45, 7) is 4.29. The van der Waals surface area contributed by atoms with Crippen molar-refractivity contribution in [3.05, 3.63) is 0 Å². The summed E-state index contributed by atoms with van der Waals surface area (Å²) in [5, 5.41) is 6.38. The Morgan fingerprint density at radius 2 is 1.78 bits per heavy atom. The number of carbonyl (C=O) groups excluding carboxylic acids is 2. The van der Waals surface area contributed by atoms with E-state index in [2.05, 4.69) is 17.6 Å². The fraction of sp³-hybridized carbons (Fsp3) is 0.889. The largest absolute Gasteiger partial charge is 0.467 e. The van der Waals surface area contributed by atoms with Gasteiger partial charge < -0.3 is 15.4 Å². The van der Waals surface area contributed by atoms with Gasteiger partial charge in [0.15, 0.2) is 0 Å². The van der Waals surface area contributed by atoms with Crippen molar-refractivity contribution >= 4 is 11.9 Å². The third-order valence-corrected chi connectivity index (χ3v) is 5.73. The first-order chi connectivity index (χ1) is 11.1. The van der Waals surface area contributed by atoms with Gasteiger partial charge in [-0.25, -0.2) is 4.79 Å². The van der Waals surface area contributed by atoms with E-state index in [1.54, 1.807) is 0 Å². The standard InChI is InChI=1S/C18H32N2O3/c1-3-14-6-10-18(11-7-14,17(22)23-2)20-16(21)5-4-15-8-12-19-13-9-15/h14-15,19H,3-13H2,1-2H3,(H,20,21). The summed E-state index contributed by atoms with van der Waals surface area (Å²) in [7, 11) is 1.41. The van der Waals surface area contributed by atoms with Gasteiger partial charge in [-0.2, -0.15) is 0 Å². The highest BCUT2D eigenvalue weighted by Crippen LogP contribution is 2.34. The zero-order valence-corrected chi connectivity index (χ0v) is 14.7. The molecular formula is C18H32N2O3. The molecule has 2 fully saturated rings. The molecule has 1 amide bonds. The SMILES string of the molecule is CCC1CCC(NC(=O)CCC2CCNCC2)(C(=O)OC)CC1. The van der Waals surface area contributed by atoms with Crippen LogP contribution in [0, 0.1) is 11.8 Å². The van der Waals surface area contributed by atoms with Crippen LogP contribution in [0.4, 0.5) is 0 Å². The second-order valence-corrected chi connectivity index (χ2v) is 7.21. The quantitative estimate of drug-likeness (QED) is 0.736. The highest BCUT2D eigenvalue weighted by atomic mass is 16.5. The summed E-state index contributed by atoms with van der Waals surface area (Å²) in [5.74, 6) is 1.03. The molecule has 23 heavy (non-hydrogen) atoms. The van der Waals surface area contributed by atoms with Crippen molar-refractivity contribution in [2.75, 3.05) is 20.2 Å². The van der Waals surface area contributed by atoms with Gasteiger partial charge in [-0.3, -0.25) is 4.79 Å². The molecule has 1 aliphatic heterocycles. The van der Waals surface area contributed by atoms with Crippen LogP contribution in [0.3, 0.4) is 0 Å². The van der Waals surface area contributed by atoms with Crippen LogP contribution in [0.15, 0.2) is 0 Å². The first kappa shape index (κ1) is 18.2. The molecule has 2 N–H and O–H groups in total. The Hall–Kier alpha value is -1.10. The lowest BCUT2D eigenvalue weighted by Crippen LogP contribution is -2.56. The summed E-state index contributed by atoms with van der Waals surface area (Å²) in [5.41, 5.74) is -0.786. The molecule has 2 rings (SSSR count). The minimum atomic E-state index is -0.786. The Morgan fingerprint density at radius 3 is 2.35 bits per heavy atom. The van der Waals surface area contributed by atoms with Gasteiger partial charge in [0.2, 0.25) is 5.91 Å².